The first kappa shape index (κ1) is 14.8. The highest BCUT2D eigenvalue weighted by Gasteiger charge is 2.08. The second-order valence-electron chi connectivity index (χ2n) is 4.99. The minimum atomic E-state index is 0.288. The second kappa shape index (κ2) is 6.22. The summed E-state index contributed by atoms with van der Waals surface area (Å²) in [5.41, 5.74) is 2.20. The number of aryl methyl sites for hydroxylation is 1. The van der Waals surface area contributed by atoms with Crippen molar-refractivity contribution in [2.24, 2.45) is 0 Å². The van der Waals surface area contributed by atoms with Gasteiger partial charge in [-0.3, -0.25) is 0 Å². The van der Waals surface area contributed by atoms with Gasteiger partial charge in [0.25, 0.3) is 0 Å². The molecule has 0 aliphatic carbocycles. The molecule has 4 nitrogen and oxygen atoms in total. The van der Waals surface area contributed by atoms with Crippen molar-refractivity contribution in [3.05, 3.63) is 40.1 Å². The molecule has 2 N–H and O–H groups in total. The smallest absolute Gasteiger partial charge is 0.136 e. The Labute approximate surface area is 128 Å². The van der Waals surface area contributed by atoms with Gasteiger partial charge < -0.3 is 10.6 Å². The van der Waals surface area contributed by atoms with E-state index >= 15 is 0 Å². The topological polar surface area (TPSA) is 49.8 Å². The van der Waals surface area contributed by atoms with E-state index in [9.17, 15) is 0 Å². The summed E-state index contributed by atoms with van der Waals surface area (Å²) in [4.78, 5) is 9.01. The van der Waals surface area contributed by atoms with Gasteiger partial charge in [0.15, 0.2) is 0 Å². The Hall–Kier alpha value is -1.62. The number of aromatic nitrogens is 2. The molecule has 0 bridgehead atoms. The lowest BCUT2D eigenvalue weighted by atomic mass is 10.2. The van der Waals surface area contributed by atoms with Crippen LogP contribution in [0.3, 0.4) is 0 Å². The van der Waals surface area contributed by atoms with E-state index in [1.165, 1.54) is 5.56 Å². The van der Waals surface area contributed by atoms with Crippen LogP contribution in [-0.2, 0) is 0 Å². The van der Waals surface area contributed by atoms with Gasteiger partial charge in [0.2, 0.25) is 0 Å². The first-order valence-corrected chi connectivity index (χ1v) is 7.39. The summed E-state index contributed by atoms with van der Waals surface area (Å²) in [5.74, 6) is 2.73. The lowest BCUT2D eigenvalue weighted by Crippen LogP contribution is -2.05. The van der Waals surface area contributed by atoms with Gasteiger partial charge in [-0.2, -0.15) is 0 Å². The number of halogens is 1. The summed E-state index contributed by atoms with van der Waals surface area (Å²) in [6.45, 7) is 6.23. The van der Waals surface area contributed by atoms with E-state index in [0.29, 0.717) is 0 Å². The first-order valence-electron chi connectivity index (χ1n) is 6.59. The van der Waals surface area contributed by atoms with Crippen molar-refractivity contribution in [1.29, 1.82) is 0 Å². The van der Waals surface area contributed by atoms with Gasteiger partial charge in [0, 0.05) is 29.2 Å². The maximum Gasteiger partial charge on any atom is 0.136 e. The number of hydrogen-bond acceptors (Lipinski definition) is 4. The van der Waals surface area contributed by atoms with Crippen LogP contribution in [0, 0.1) is 6.92 Å². The third-order valence-corrected chi connectivity index (χ3v) is 3.84. The van der Waals surface area contributed by atoms with Crippen molar-refractivity contribution in [3.8, 4) is 0 Å². The number of hydrogen-bond donors (Lipinski definition) is 2. The molecule has 2 rings (SSSR count). The summed E-state index contributed by atoms with van der Waals surface area (Å²) < 4.78 is 1.10. The lowest BCUT2D eigenvalue weighted by Gasteiger charge is -2.12. The van der Waals surface area contributed by atoms with Crippen LogP contribution in [-0.4, -0.2) is 17.0 Å². The van der Waals surface area contributed by atoms with Gasteiger partial charge in [-0.05, 0) is 30.7 Å². The minimum absolute atomic E-state index is 0.288. The standard InChI is InChI=1S/C15H19BrN4/c1-9(2)15-19-13(17-4)8-14(20-15)18-11-5-6-12(16)10(3)7-11/h5-9H,1-4H3,(H2,17,18,19,20). The van der Waals surface area contributed by atoms with Gasteiger partial charge >= 0.3 is 0 Å². The summed E-state index contributed by atoms with van der Waals surface area (Å²) in [5, 5.41) is 6.40. The van der Waals surface area contributed by atoms with E-state index < -0.39 is 0 Å². The Morgan fingerprint density at radius 3 is 2.40 bits per heavy atom. The van der Waals surface area contributed by atoms with Crippen LogP contribution in [0.1, 0.15) is 31.2 Å². The fourth-order valence-electron chi connectivity index (χ4n) is 1.79. The van der Waals surface area contributed by atoms with E-state index in [4.69, 9.17) is 0 Å². The van der Waals surface area contributed by atoms with E-state index in [2.05, 4.69) is 63.4 Å². The molecule has 0 unspecified atom stereocenters. The molecule has 1 aromatic carbocycles. The SMILES string of the molecule is CNc1cc(Nc2ccc(Br)c(C)c2)nc(C(C)C)n1. The lowest BCUT2D eigenvalue weighted by molar-refractivity contribution is 0.778. The molecule has 1 heterocycles. The number of nitrogens with zero attached hydrogens (tertiary/aromatic N) is 2. The van der Waals surface area contributed by atoms with E-state index in [1.807, 2.05) is 25.2 Å². The monoisotopic (exact) mass is 334 g/mol. The van der Waals surface area contributed by atoms with Crippen LogP contribution in [0.5, 0.6) is 0 Å². The molecule has 5 heteroatoms. The van der Waals surface area contributed by atoms with Gasteiger partial charge in [-0.1, -0.05) is 29.8 Å². The highest BCUT2D eigenvalue weighted by Crippen LogP contribution is 2.24. The maximum atomic E-state index is 4.55. The number of anilines is 3. The van der Waals surface area contributed by atoms with Crippen molar-refractivity contribution in [2.75, 3.05) is 17.7 Å². The molecule has 0 aliphatic heterocycles. The summed E-state index contributed by atoms with van der Waals surface area (Å²) in [6, 6.07) is 8.04. The zero-order valence-corrected chi connectivity index (χ0v) is 13.7. The predicted molar refractivity (Wildman–Crippen MR) is 87.8 cm³/mol. The average molecular weight is 335 g/mol. The van der Waals surface area contributed by atoms with Crippen LogP contribution >= 0.6 is 15.9 Å². The molecule has 20 heavy (non-hydrogen) atoms. The Morgan fingerprint density at radius 1 is 1.10 bits per heavy atom. The quantitative estimate of drug-likeness (QED) is 0.866. The molecule has 0 atom stereocenters. The first-order chi connectivity index (χ1) is 9.49. The predicted octanol–water partition coefficient (Wildman–Crippen LogP) is 4.46. The van der Waals surface area contributed by atoms with Crippen molar-refractivity contribution in [2.45, 2.75) is 26.7 Å². The molecule has 0 aliphatic rings. The van der Waals surface area contributed by atoms with Gasteiger partial charge in [0.05, 0.1) is 0 Å². The van der Waals surface area contributed by atoms with E-state index in [-0.39, 0.29) is 5.92 Å². The van der Waals surface area contributed by atoms with Crippen LogP contribution < -0.4 is 10.6 Å². The van der Waals surface area contributed by atoms with Crippen molar-refractivity contribution >= 4 is 33.3 Å². The molecule has 1 aromatic heterocycles. The van der Waals surface area contributed by atoms with Crippen LogP contribution in [0.15, 0.2) is 28.7 Å². The Bertz CT molecular complexity index is 611. The molecule has 0 radical (unpaired) electrons. The average Bonchev–Trinajstić information content (AvgIpc) is 2.42. The van der Waals surface area contributed by atoms with Gasteiger partial charge in [-0.15, -0.1) is 0 Å². The summed E-state index contributed by atoms with van der Waals surface area (Å²) in [7, 11) is 1.86. The van der Waals surface area contributed by atoms with Crippen molar-refractivity contribution in [1.82, 2.24) is 9.97 Å². The van der Waals surface area contributed by atoms with Gasteiger partial charge in [-0.25, -0.2) is 9.97 Å². The van der Waals surface area contributed by atoms with Gasteiger partial charge in [0.1, 0.15) is 17.5 Å². The van der Waals surface area contributed by atoms with E-state index in [0.717, 1.165) is 27.6 Å². The second-order valence-corrected chi connectivity index (χ2v) is 5.84. The van der Waals surface area contributed by atoms with Crippen molar-refractivity contribution < 1.29 is 0 Å². The highest BCUT2D eigenvalue weighted by molar-refractivity contribution is 9.10. The Kier molecular flexibility index (Phi) is 4.60. The third kappa shape index (κ3) is 3.48. The molecule has 0 amide bonds. The number of nitrogens with one attached hydrogen (secondary N) is 2. The van der Waals surface area contributed by atoms with Crippen LogP contribution in [0.4, 0.5) is 17.3 Å². The van der Waals surface area contributed by atoms with Crippen LogP contribution in [0.2, 0.25) is 0 Å². The molecule has 0 saturated carbocycles. The fraction of sp³-hybridized carbons (Fsp3) is 0.333. The summed E-state index contributed by atoms with van der Waals surface area (Å²) >= 11 is 3.50. The maximum absolute atomic E-state index is 4.55. The third-order valence-electron chi connectivity index (χ3n) is 2.95. The minimum Gasteiger partial charge on any atom is -0.373 e. The molecular weight excluding hydrogens is 316 g/mol. The van der Waals surface area contributed by atoms with E-state index in [1.54, 1.807) is 0 Å². The molecule has 106 valence electrons. The Morgan fingerprint density at radius 2 is 1.80 bits per heavy atom. The van der Waals surface area contributed by atoms with Crippen LogP contribution in [0.25, 0.3) is 0 Å². The molecule has 0 saturated heterocycles. The molecule has 0 spiro atoms. The Balaban J connectivity index is 2.32. The molecule has 0 fully saturated rings. The number of benzene rings is 1. The largest absolute Gasteiger partial charge is 0.373 e. The fourth-order valence-corrected chi connectivity index (χ4v) is 2.03. The zero-order valence-electron chi connectivity index (χ0n) is 12.2. The van der Waals surface area contributed by atoms with Crippen molar-refractivity contribution in [3.63, 3.8) is 0 Å². The molecule has 2 aromatic rings. The summed E-state index contributed by atoms with van der Waals surface area (Å²) in [6.07, 6.45) is 0. The number of rotatable bonds is 4. The normalized spacial score (nSPS) is 10.7. The zero-order chi connectivity index (χ0) is 14.7. The highest BCUT2D eigenvalue weighted by atomic mass is 79.9. The molecular formula is C15H19BrN4.